The second-order valence-corrected chi connectivity index (χ2v) is 5.49. The summed E-state index contributed by atoms with van der Waals surface area (Å²) in [5, 5.41) is 5.98. The summed E-state index contributed by atoms with van der Waals surface area (Å²) in [6, 6.07) is 7.71. The number of benzene rings is 1. The molecule has 0 aliphatic heterocycles. The van der Waals surface area contributed by atoms with Crippen LogP contribution in [0.15, 0.2) is 36.7 Å². The molecule has 1 aliphatic rings. The van der Waals surface area contributed by atoms with Crippen molar-refractivity contribution in [3.8, 4) is 11.5 Å². The van der Waals surface area contributed by atoms with Crippen molar-refractivity contribution in [3.05, 3.63) is 42.4 Å². The Balaban J connectivity index is 1.40. The van der Waals surface area contributed by atoms with Gasteiger partial charge < -0.3 is 20.1 Å². The molecule has 0 unspecified atom stereocenters. The maximum Gasteiger partial charge on any atom is 0.271 e. The third-order valence-electron chi connectivity index (χ3n) is 3.53. The highest BCUT2D eigenvalue weighted by molar-refractivity contribution is 5.92. The van der Waals surface area contributed by atoms with Crippen molar-refractivity contribution in [1.29, 1.82) is 0 Å². The molecular weight excluding hydrogens is 308 g/mol. The van der Waals surface area contributed by atoms with Crippen molar-refractivity contribution in [2.24, 2.45) is 0 Å². The van der Waals surface area contributed by atoms with Crippen LogP contribution in [0.4, 0.5) is 5.82 Å². The minimum Gasteiger partial charge on any atom is -0.497 e. The molecule has 1 aliphatic carbocycles. The zero-order valence-electron chi connectivity index (χ0n) is 13.5. The molecule has 0 spiro atoms. The van der Waals surface area contributed by atoms with Gasteiger partial charge in [0.25, 0.3) is 5.91 Å². The summed E-state index contributed by atoms with van der Waals surface area (Å²) in [5.41, 5.74) is 0.335. The number of amides is 1. The van der Waals surface area contributed by atoms with Gasteiger partial charge in [0, 0.05) is 6.04 Å². The number of nitrogens with zero attached hydrogens (tertiary/aromatic N) is 2. The van der Waals surface area contributed by atoms with Crippen LogP contribution in [0.3, 0.4) is 0 Å². The quantitative estimate of drug-likeness (QED) is 0.720. The number of carbonyl (C=O) groups is 1. The fourth-order valence-corrected chi connectivity index (χ4v) is 2.04. The van der Waals surface area contributed by atoms with Crippen LogP contribution in [-0.2, 0) is 0 Å². The van der Waals surface area contributed by atoms with E-state index >= 15 is 0 Å². The molecule has 1 amide bonds. The highest BCUT2D eigenvalue weighted by Crippen LogP contribution is 2.19. The average molecular weight is 328 g/mol. The maximum atomic E-state index is 11.8. The van der Waals surface area contributed by atoms with Gasteiger partial charge in [0.2, 0.25) is 0 Å². The van der Waals surface area contributed by atoms with Crippen molar-refractivity contribution in [2.45, 2.75) is 18.9 Å². The largest absolute Gasteiger partial charge is 0.497 e. The van der Waals surface area contributed by atoms with E-state index in [0.717, 1.165) is 24.3 Å². The Labute approximate surface area is 140 Å². The van der Waals surface area contributed by atoms with Gasteiger partial charge in [-0.3, -0.25) is 4.79 Å². The van der Waals surface area contributed by atoms with E-state index in [4.69, 9.17) is 9.47 Å². The predicted molar refractivity (Wildman–Crippen MR) is 89.5 cm³/mol. The molecule has 7 heteroatoms. The van der Waals surface area contributed by atoms with Gasteiger partial charge in [-0.2, -0.15) is 0 Å². The number of hydrogen-bond acceptors (Lipinski definition) is 6. The van der Waals surface area contributed by atoms with Gasteiger partial charge in [-0.25, -0.2) is 9.97 Å². The van der Waals surface area contributed by atoms with Crippen LogP contribution in [-0.4, -0.2) is 42.2 Å². The molecule has 0 bridgehead atoms. The third kappa shape index (κ3) is 4.58. The molecule has 126 valence electrons. The summed E-state index contributed by atoms with van der Waals surface area (Å²) in [4.78, 5) is 20.1. The average Bonchev–Trinajstić information content (AvgIpc) is 3.44. The lowest BCUT2D eigenvalue weighted by Crippen LogP contribution is -2.26. The fourth-order valence-electron chi connectivity index (χ4n) is 2.04. The number of rotatable bonds is 8. The highest BCUT2D eigenvalue weighted by atomic mass is 16.5. The molecule has 0 radical (unpaired) electrons. The second kappa shape index (κ2) is 7.63. The third-order valence-corrected chi connectivity index (χ3v) is 3.53. The number of anilines is 1. The second-order valence-electron chi connectivity index (χ2n) is 5.49. The number of nitrogens with one attached hydrogen (secondary N) is 2. The molecule has 2 aromatic rings. The Morgan fingerprint density at radius 3 is 2.54 bits per heavy atom. The van der Waals surface area contributed by atoms with E-state index in [0.29, 0.717) is 30.7 Å². The normalized spacial score (nSPS) is 13.2. The van der Waals surface area contributed by atoms with Gasteiger partial charge in [0.15, 0.2) is 0 Å². The Bertz CT molecular complexity index is 669. The van der Waals surface area contributed by atoms with Gasteiger partial charge in [-0.1, -0.05) is 0 Å². The lowest BCUT2D eigenvalue weighted by molar-refractivity contribution is 0.0945. The number of methoxy groups -OCH3 is 1. The topological polar surface area (TPSA) is 85.4 Å². The minimum absolute atomic E-state index is 0.167. The Kier molecular flexibility index (Phi) is 5.10. The summed E-state index contributed by atoms with van der Waals surface area (Å²) in [6.45, 7) is 1.06. The molecule has 24 heavy (non-hydrogen) atoms. The van der Waals surface area contributed by atoms with Gasteiger partial charge in [0.05, 0.1) is 26.0 Å². The number of carbonyl (C=O) groups excluding carboxylic acids is 1. The van der Waals surface area contributed by atoms with Crippen molar-refractivity contribution >= 4 is 11.7 Å². The van der Waals surface area contributed by atoms with Crippen LogP contribution in [0.25, 0.3) is 0 Å². The molecular formula is C17H20N4O3. The van der Waals surface area contributed by atoms with E-state index < -0.39 is 0 Å². The van der Waals surface area contributed by atoms with Crippen LogP contribution >= 0.6 is 0 Å². The lowest BCUT2D eigenvalue weighted by Gasteiger charge is -2.09. The monoisotopic (exact) mass is 328 g/mol. The van der Waals surface area contributed by atoms with E-state index in [2.05, 4.69) is 20.6 Å². The zero-order valence-corrected chi connectivity index (χ0v) is 13.5. The molecule has 2 N–H and O–H groups in total. The Hall–Kier alpha value is -2.83. The summed E-state index contributed by atoms with van der Waals surface area (Å²) in [6.07, 6.45) is 5.12. The zero-order chi connectivity index (χ0) is 16.8. The van der Waals surface area contributed by atoms with Crippen LogP contribution in [0, 0.1) is 0 Å². The number of aromatic nitrogens is 2. The van der Waals surface area contributed by atoms with Crippen molar-refractivity contribution < 1.29 is 14.3 Å². The standard InChI is InChI=1S/C17H20N4O3/c1-23-13-4-6-14(7-5-13)24-9-8-18-16-11-19-15(10-20-16)17(22)21-12-2-3-12/h4-7,10-12H,2-3,8-9H2,1H3,(H,18,20)(H,21,22). The smallest absolute Gasteiger partial charge is 0.271 e. The molecule has 1 fully saturated rings. The molecule has 1 aromatic heterocycles. The Morgan fingerprint density at radius 2 is 1.92 bits per heavy atom. The first-order chi connectivity index (χ1) is 11.7. The van der Waals surface area contributed by atoms with E-state index in [1.165, 1.54) is 6.20 Å². The van der Waals surface area contributed by atoms with Crippen LogP contribution in [0.1, 0.15) is 23.3 Å². The van der Waals surface area contributed by atoms with E-state index in [9.17, 15) is 4.79 Å². The molecule has 1 saturated carbocycles. The maximum absolute atomic E-state index is 11.8. The van der Waals surface area contributed by atoms with Crippen molar-refractivity contribution in [3.63, 3.8) is 0 Å². The highest BCUT2D eigenvalue weighted by Gasteiger charge is 2.24. The molecule has 3 rings (SSSR count). The van der Waals surface area contributed by atoms with Crippen molar-refractivity contribution in [2.75, 3.05) is 25.6 Å². The molecule has 1 aromatic carbocycles. The van der Waals surface area contributed by atoms with Crippen LogP contribution in [0.5, 0.6) is 11.5 Å². The molecule has 1 heterocycles. The summed E-state index contributed by atoms with van der Waals surface area (Å²) < 4.78 is 10.7. The van der Waals surface area contributed by atoms with E-state index in [1.807, 2.05) is 24.3 Å². The Morgan fingerprint density at radius 1 is 1.17 bits per heavy atom. The minimum atomic E-state index is -0.167. The summed E-state index contributed by atoms with van der Waals surface area (Å²) >= 11 is 0. The van der Waals surface area contributed by atoms with Gasteiger partial charge in [0.1, 0.15) is 29.6 Å². The lowest BCUT2D eigenvalue weighted by atomic mass is 10.3. The predicted octanol–water partition coefficient (Wildman–Crippen LogP) is 1.87. The molecule has 7 nitrogen and oxygen atoms in total. The van der Waals surface area contributed by atoms with E-state index in [-0.39, 0.29) is 5.91 Å². The summed E-state index contributed by atoms with van der Waals surface area (Å²) in [5.74, 6) is 2.01. The number of hydrogen-bond donors (Lipinski definition) is 2. The van der Waals surface area contributed by atoms with Crippen LogP contribution in [0.2, 0.25) is 0 Å². The van der Waals surface area contributed by atoms with Gasteiger partial charge in [-0.15, -0.1) is 0 Å². The first kappa shape index (κ1) is 16.0. The summed E-state index contributed by atoms with van der Waals surface area (Å²) in [7, 11) is 1.63. The number of ether oxygens (including phenoxy) is 2. The van der Waals surface area contributed by atoms with Crippen LogP contribution < -0.4 is 20.1 Å². The molecule has 0 saturated heterocycles. The van der Waals surface area contributed by atoms with E-state index in [1.54, 1.807) is 13.3 Å². The first-order valence-electron chi connectivity index (χ1n) is 7.88. The fraction of sp³-hybridized carbons (Fsp3) is 0.353. The van der Waals surface area contributed by atoms with Crippen molar-refractivity contribution in [1.82, 2.24) is 15.3 Å². The SMILES string of the molecule is COc1ccc(OCCNc2cnc(C(=O)NC3CC3)cn2)cc1. The molecule has 0 atom stereocenters. The first-order valence-corrected chi connectivity index (χ1v) is 7.88. The van der Waals surface area contributed by atoms with Gasteiger partial charge >= 0.3 is 0 Å². The van der Waals surface area contributed by atoms with Gasteiger partial charge in [-0.05, 0) is 37.1 Å².